The zero-order chi connectivity index (χ0) is 17.2. The molecule has 1 aromatic heterocycles. The van der Waals surface area contributed by atoms with Crippen molar-refractivity contribution in [3.05, 3.63) is 59.1 Å². The number of fused-ring (bicyclic) bond motifs is 3. The summed E-state index contributed by atoms with van der Waals surface area (Å²) in [6, 6.07) is 16.3. The highest BCUT2D eigenvalue weighted by Crippen LogP contribution is 2.28. The first-order valence-corrected chi connectivity index (χ1v) is 8.79. The molecule has 2 aromatic carbocycles. The molecule has 2 heterocycles. The second-order valence-corrected chi connectivity index (χ2v) is 6.70. The average Bonchev–Trinajstić information content (AvgIpc) is 3.01. The number of methoxy groups -OCH3 is 1. The van der Waals surface area contributed by atoms with Gasteiger partial charge in [-0.25, -0.2) is 4.98 Å². The van der Waals surface area contributed by atoms with Gasteiger partial charge in [-0.05, 0) is 23.8 Å². The highest BCUT2D eigenvalue weighted by atomic mass is 35.5. The number of para-hydroxylation sites is 2. The maximum absolute atomic E-state index is 6.36. The first-order valence-electron chi connectivity index (χ1n) is 8.41. The smallest absolute Gasteiger partial charge is 0.208 e. The van der Waals surface area contributed by atoms with Crippen molar-refractivity contribution in [2.75, 3.05) is 31.8 Å². The highest BCUT2D eigenvalue weighted by Gasteiger charge is 2.26. The zero-order valence-corrected chi connectivity index (χ0v) is 15.0. The Balaban J connectivity index is 1.67. The summed E-state index contributed by atoms with van der Waals surface area (Å²) in [5.41, 5.74) is 3.33. The van der Waals surface area contributed by atoms with Crippen LogP contribution in [0, 0.1) is 0 Å². The van der Waals surface area contributed by atoms with Crippen molar-refractivity contribution >= 4 is 28.6 Å². The molecule has 0 saturated heterocycles. The Kier molecular flexibility index (Phi) is 4.61. The van der Waals surface area contributed by atoms with Crippen molar-refractivity contribution in [3.8, 4) is 0 Å². The van der Waals surface area contributed by atoms with Gasteiger partial charge in [0.05, 0.1) is 31.0 Å². The summed E-state index contributed by atoms with van der Waals surface area (Å²) in [6.07, 6.45) is 0. The molecule has 0 bridgehead atoms. The van der Waals surface area contributed by atoms with Gasteiger partial charge in [-0.3, -0.25) is 9.47 Å². The molecule has 1 aliphatic rings. The van der Waals surface area contributed by atoms with E-state index in [1.807, 2.05) is 24.3 Å². The summed E-state index contributed by atoms with van der Waals surface area (Å²) < 4.78 is 7.56. The number of aromatic nitrogens is 2. The molecule has 0 fully saturated rings. The van der Waals surface area contributed by atoms with Crippen molar-refractivity contribution in [1.29, 1.82) is 0 Å². The van der Waals surface area contributed by atoms with Gasteiger partial charge in [-0.2, -0.15) is 0 Å². The summed E-state index contributed by atoms with van der Waals surface area (Å²) in [6.45, 7) is 3.87. The van der Waals surface area contributed by atoms with Crippen LogP contribution < -0.4 is 4.90 Å². The molecule has 0 N–H and O–H groups in total. The Morgan fingerprint density at radius 2 is 1.88 bits per heavy atom. The molecule has 130 valence electrons. The third kappa shape index (κ3) is 3.23. The zero-order valence-electron chi connectivity index (χ0n) is 14.2. The van der Waals surface area contributed by atoms with Crippen LogP contribution in [0.1, 0.15) is 5.56 Å². The molecular weight excluding hydrogens is 336 g/mol. The molecule has 25 heavy (non-hydrogen) atoms. The Bertz CT molecular complexity index is 879. The molecule has 4 rings (SSSR count). The van der Waals surface area contributed by atoms with Gasteiger partial charge in [0.25, 0.3) is 0 Å². The number of halogens is 1. The summed E-state index contributed by atoms with van der Waals surface area (Å²) in [4.78, 5) is 9.47. The summed E-state index contributed by atoms with van der Waals surface area (Å²) in [7, 11) is 1.73. The number of anilines is 1. The number of hydrogen-bond donors (Lipinski definition) is 0. The third-order valence-corrected chi connectivity index (χ3v) is 4.92. The monoisotopic (exact) mass is 356 g/mol. The lowest BCUT2D eigenvalue weighted by Crippen LogP contribution is -2.46. The second kappa shape index (κ2) is 7.04. The van der Waals surface area contributed by atoms with E-state index in [2.05, 4.69) is 38.6 Å². The number of nitrogens with zero attached hydrogens (tertiary/aromatic N) is 4. The van der Waals surface area contributed by atoms with Crippen LogP contribution in [-0.2, 0) is 18.0 Å². The average molecular weight is 357 g/mol. The van der Waals surface area contributed by atoms with Gasteiger partial charge in [-0.15, -0.1) is 0 Å². The van der Waals surface area contributed by atoms with Crippen LogP contribution in [0.25, 0.3) is 11.0 Å². The second-order valence-electron chi connectivity index (χ2n) is 6.29. The van der Waals surface area contributed by atoms with Gasteiger partial charge >= 0.3 is 0 Å². The minimum atomic E-state index is 0.670. The lowest BCUT2D eigenvalue weighted by atomic mass is 10.2. The van der Waals surface area contributed by atoms with Crippen molar-refractivity contribution in [2.24, 2.45) is 0 Å². The van der Waals surface area contributed by atoms with Gasteiger partial charge in [0.2, 0.25) is 5.95 Å². The molecule has 0 aliphatic carbocycles. The van der Waals surface area contributed by atoms with E-state index in [9.17, 15) is 0 Å². The first-order chi connectivity index (χ1) is 12.3. The van der Waals surface area contributed by atoms with E-state index in [1.165, 1.54) is 0 Å². The van der Waals surface area contributed by atoms with E-state index >= 15 is 0 Å². The Hall–Kier alpha value is -2.08. The number of hydrogen-bond acceptors (Lipinski definition) is 4. The summed E-state index contributed by atoms with van der Waals surface area (Å²) in [5, 5.41) is 0.812. The van der Waals surface area contributed by atoms with E-state index in [0.717, 1.165) is 54.0 Å². The molecule has 1 aliphatic heterocycles. The molecule has 0 spiro atoms. The quantitative estimate of drug-likeness (QED) is 0.699. The third-order valence-electron chi connectivity index (χ3n) is 4.55. The SMILES string of the molecule is COCCN1CN(Cc2ccccc2Cl)Cn2c1nc1ccccc12. The number of ether oxygens (including phenoxy) is 1. The van der Waals surface area contributed by atoms with E-state index in [0.29, 0.717) is 6.61 Å². The van der Waals surface area contributed by atoms with Crippen LogP contribution in [0.2, 0.25) is 5.02 Å². The fraction of sp³-hybridized carbons (Fsp3) is 0.316. The van der Waals surface area contributed by atoms with Crippen LogP contribution in [0.4, 0.5) is 5.95 Å². The predicted molar refractivity (Wildman–Crippen MR) is 101 cm³/mol. The highest BCUT2D eigenvalue weighted by molar-refractivity contribution is 6.31. The molecule has 3 aromatic rings. The predicted octanol–water partition coefficient (Wildman–Crippen LogP) is 3.57. The maximum atomic E-state index is 6.36. The Labute approximate surface area is 152 Å². The topological polar surface area (TPSA) is 33.5 Å². The fourth-order valence-electron chi connectivity index (χ4n) is 3.33. The summed E-state index contributed by atoms with van der Waals surface area (Å²) in [5.74, 6) is 1.01. The van der Waals surface area contributed by atoms with Crippen LogP contribution in [0.3, 0.4) is 0 Å². The number of benzene rings is 2. The van der Waals surface area contributed by atoms with Crippen molar-refractivity contribution in [1.82, 2.24) is 14.5 Å². The number of rotatable bonds is 5. The Morgan fingerprint density at radius 1 is 1.08 bits per heavy atom. The van der Waals surface area contributed by atoms with Crippen LogP contribution in [0.15, 0.2) is 48.5 Å². The normalized spacial score (nSPS) is 14.9. The minimum absolute atomic E-state index is 0.670. The van der Waals surface area contributed by atoms with E-state index in [-0.39, 0.29) is 0 Å². The number of imidazole rings is 1. The van der Waals surface area contributed by atoms with Gasteiger partial charge in [-0.1, -0.05) is 41.9 Å². The summed E-state index contributed by atoms with van der Waals surface area (Å²) >= 11 is 6.36. The van der Waals surface area contributed by atoms with Gasteiger partial charge < -0.3 is 9.64 Å². The molecule has 6 heteroatoms. The van der Waals surface area contributed by atoms with E-state index < -0.39 is 0 Å². The lowest BCUT2D eigenvalue weighted by molar-refractivity contribution is 0.168. The van der Waals surface area contributed by atoms with Crippen molar-refractivity contribution < 1.29 is 4.74 Å². The lowest BCUT2D eigenvalue weighted by Gasteiger charge is -2.37. The van der Waals surface area contributed by atoms with Crippen LogP contribution >= 0.6 is 11.6 Å². The minimum Gasteiger partial charge on any atom is -0.383 e. The van der Waals surface area contributed by atoms with Crippen LogP contribution in [0.5, 0.6) is 0 Å². The molecule has 0 saturated carbocycles. The van der Waals surface area contributed by atoms with Crippen molar-refractivity contribution in [3.63, 3.8) is 0 Å². The first kappa shape index (κ1) is 16.4. The fourth-order valence-corrected chi connectivity index (χ4v) is 3.53. The van der Waals surface area contributed by atoms with E-state index in [4.69, 9.17) is 21.3 Å². The molecule has 0 atom stereocenters. The van der Waals surface area contributed by atoms with Gasteiger partial charge in [0, 0.05) is 25.2 Å². The maximum Gasteiger partial charge on any atom is 0.208 e. The molecule has 0 amide bonds. The van der Waals surface area contributed by atoms with Gasteiger partial charge in [0.1, 0.15) is 0 Å². The molecule has 0 unspecified atom stereocenters. The van der Waals surface area contributed by atoms with Crippen molar-refractivity contribution in [2.45, 2.75) is 13.2 Å². The Morgan fingerprint density at radius 3 is 2.72 bits per heavy atom. The van der Waals surface area contributed by atoms with E-state index in [1.54, 1.807) is 7.11 Å². The molecular formula is C19H21ClN4O. The standard InChI is InChI=1S/C19H21ClN4O/c1-25-11-10-23-13-22(12-15-6-2-3-7-16(15)20)14-24-18-9-5-4-8-17(18)21-19(23)24/h2-9H,10-14H2,1H3. The molecule has 5 nitrogen and oxygen atoms in total. The van der Waals surface area contributed by atoms with Crippen LogP contribution in [-0.4, -0.2) is 41.4 Å². The molecule has 0 radical (unpaired) electrons. The largest absolute Gasteiger partial charge is 0.383 e. The van der Waals surface area contributed by atoms with Gasteiger partial charge in [0.15, 0.2) is 0 Å².